The van der Waals surface area contributed by atoms with E-state index in [-0.39, 0.29) is 12.5 Å². The summed E-state index contributed by atoms with van der Waals surface area (Å²) in [4.78, 5) is 16.4. The van der Waals surface area contributed by atoms with Gasteiger partial charge in [-0.3, -0.25) is 19.4 Å². The molecule has 24 heavy (non-hydrogen) atoms. The number of aromatic nitrogens is 4. The number of pyridine rings is 1. The number of carbonyl (C=O) groups is 1. The van der Waals surface area contributed by atoms with Gasteiger partial charge in [-0.05, 0) is 31.3 Å². The lowest BCUT2D eigenvalue weighted by Gasteiger charge is -2.08. The lowest BCUT2D eigenvalue weighted by Crippen LogP contribution is -2.27. The van der Waals surface area contributed by atoms with Crippen LogP contribution in [0, 0.1) is 11.7 Å². The highest BCUT2D eigenvalue weighted by atomic mass is 32.1. The lowest BCUT2D eigenvalue weighted by atomic mass is 10.1. The molecule has 1 amide bonds. The monoisotopic (exact) mass is 339 g/mol. The predicted octanol–water partition coefficient (Wildman–Crippen LogP) is 2.63. The van der Waals surface area contributed by atoms with Gasteiger partial charge >= 0.3 is 0 Å². The van der Waals surface area contributed by atoms with Crippen molar-refractivity contribution in [2.24, 2.45) is 0 Å². The summed E-state index contributed by atoms with van der Waals surface area (Å²) in [7, 11) is 0. The topological polar surface area (TPSA) is 75.6 Å². The van der Waals surface area contributed by atoms with Crippen molar-refractivity contribution in [2.45, 2.75) is 20.0 Å². The molecular formula is C17H17N5OS. The molecule has 2 heterocycles. The summed E-state index contributed by atoms with van der Waals surface area (Å²) in [5, 5.41) is 9.84. The van der Waals surface area contributed by atoms with Crippen molar-refractivity contribution >= 4 is 18.1 Å². The molecule has 0 atom stereocenters. The number of aryl methyl sites for hydroxylation is 1. The van der Waals surface area contributed by atoms with Crippen LogP contribution in [0.25, 0.3) is 11.4 Å². The minimum absolute atomic E-state index is 0.103. The van der Waals surface area contributed by atoms with Gasteiger partial charge < -0.3 is 5.32 Å². The molecule has 0 radical (unpaired) electrons. The number of hydrogen-bond acceptors (Lipinski definition) is 4. The Kier molecular flexibility index (Phi) is 4.81. The molecule has 6 nitrogen and oxygen atoms in total. The van der Waals surface area contributed by atoms with Crippen LogP contribution in [0.15, 0.2) is 48.7 Å². The van der Waals surface area contributed by atoms with Gasteiger partial charge in [-0.2, -0.15) is 5.10 Å². The van der Waals surface area contributed by atoms with Crippen molar-refractivity contribution in [3.63, 3.8) is 0 Å². The molecule has 0 aliphatic rings. The molecule has 0 unspecified atom stereocenters. The Morgan fingerprint density at radius 1 is 1.25 bits per heavy atom. The molecule has 3 aromatic rings. The Labute approximate surface area is 144 Å². The summed E-state index contributed by atoms with van der Waals surface area (Å²) in [6, 6.07) is 13.5. The predicted molar refractivity (Wildman–Crippen MR) is 93.7 cm³/mol. The fraction of sp³-hybridized carbons (Fsp3) is 0.176. The Balaban J connectivity index is 1.73. The average molecular weight is 339 g/mol. The molecule has 2 aromatic heterocycles. The third-order valence-corrected chi connectivity index (χ3v) is 3.87. The number of nitrogens with zero attached hydrogens (tertiary/aromatic N) is 3. The number of nitrogens with one attached hydrogen (secondary N) is 2. The standard InChI is InChI=1S/C17H17N5OS/c1-12-5-7-13(8-6-12)16-20-21-17(24)22(16)11-15(23)19-10-14-4-2-3-9-18-14/h2-9H,10-11H2,1H3,(H,19,23)(H,21,24). The average Bonchev–Trinajstić information content (AvgIpc) is 2.95. The second kappa shape index (κ2) is 7.18. The second-order valence-corrected chi connectivity index (χ2v) is 5.79. The summed E-state index contributed by atoms with van der Waals surface area (Å²) in [6.45, 7) is 2.50. The number of benzene rings is 1. The van der Waals surface area contributed by atoms with Crippen molar-refractivity contribution in [3.8, 4) is 11.4 Å². The quantitative estimate of drug-likeness (QED) is 0.701. The zero-order valence-corrected chi connectivity index (χ0v) is 14.0. The fourth-order valence-corrected chi connectivity index (χ4v) is 2.48. The number of carbonyl (C=O) groups excluding carboxylic acids is 1. The maximum atomic E-state index is 12.2. The van der Waals surface area contributed by atoms with Crippen molar-refractivity contribution in [2.75, 3.05) is 0 Å². The first-order chi connectivity index (χ1) is 11.6. The van der Waals surface area contributed by atoms with Crippen LogP contribution in [-0.4, -0.2) is 25.7 Å². The molecule has 0 fully saturated rings. The largest absolute Gasteiger partial charge is 0.349 e. The molecule has 7 heteroatoms. The first kappa shape index (κ1) is 16.1. The van der Waals surface area contributed by atoms with Crippen LogP contribution < -0.4 is 5.32 Å². The van der Waals surface area contributed by atoms with Crippen LogP contribution >= 0.6 is 12.2 Å². The fourth-order valence-electron chi connectivity index (χ4n) is 2.28. The van der Waals surface area contributed by atoms with Crippen LogP contribution in [0.4, 0.5) is 0 Å². The van der Waals surface area contributed by atoms with Crippen molar-refractivity contribution < 1.29 is 4.79 Å². The van der Waals surface area contributed by atoms with Gasteiger partial charge in [0.1, 0.15) is 6.54 Å². The minimum Gasteiger partial charge on any atom is -0.349 e. The number of hydrogen-bond donors (Lipinski definition) is 2. The highest BCUT2D eigenvalue weighted by molar-refractivity contribution is 7.71. The van der Waals surface area contributed by atoms with Crippen LogP contribution in [0.2, 0.25) is 0 Å². The maximum Gasteiger partial charge on any atom is 0.240 e. The normalized spacial score (nSPS) is 10.5. The third kappa shape index (κ3) is 3.75. The third-order valence-electron chi connectivity index (χ3n) is 3.56. The van der Waals surface area contributed by atoms with Gasteiger partial charge in [-0.25, -0.2) is 0 Å². The van der Waals surface area contributed by atoms with Crippen LogP contribution in [0.1, 0.15) is 11.3 Å². The number of H-pyrrole nitrogens is 1. The molecule has 2 N–H and O–H groups in total. The molecule has 0 saturated carbocycles. The van der Waals surface area contributed by atoms with E-state index >= 15 is 0 Å². The molecule has 0 saturated heterocycles. The highest BCUT2D eigenvalue weighted by Crippen LogP contribution is 2.17. The van der Waals surface area contributed by atoms with E-state index in [9.17, 15) is 4.79 Å². The first-order valence-corrected chi connectivity index (χ1v) is 7.93. The second-order valence-electron chi connectivity index (χ2n) is 5.40. The van der Waals surface area contributed by atoms with E-state index < -0.39 is 0 Å². The molecule has 0 bridgehead atoms. The summed E-state index contributed by atoms with van der Waals surface area (Å²) in [5.41, 5.74) is 2.87. The smallest absolute Gasteiger partial charge is 0.240 e. The number of rotatable bonds is 5. The molecular weight excluding hydrogens is 322 g/mol. The molecule has 0 spiro atoms. The Bertz CT molecular complexity index is 883. The zero-order chi connectivity index (χ0) is 16.9. The van der Waals surface area contributed by atoms with Crippen molar-refractivity contribution in [1.29, 1.82) is 0 Å². The van der Waals surface area contributed by atoms with E-state index in [1.54, 1.807) is 10.8 Å². The van der Waals surface area contributed by atoms with Crippen molar-refractivity contribution in [1.82, 2.24) is 25.1 Å². The molecule has 0 aliphatic carbocycles. The van der Waals surface area contributed by atoms with Crippen LogP contribution in [0.3, 0.4) is 0 Å². The van der Waals surface area contributed by atoms with Crippen LogP contribution in [0.5, 0.6) is 0 Å². The molecule has 122 valence electrons. The Morgan fingerprint density at radius 2 is 2.04 bits per heavy atom. The molecule has 1 aromatic carbocycles. The van der Waals surface area contributed by atoms with E-state index in [1.165, 1.54) is 0 Å². The van der Waals surface area contributed by atoms with E-state index in [2.05, 4.69) is 20.5 Å². The van der Waals surface area contributed by atoms with Gasteiger partial charge in [0, 0.05) is 11.8 Å². The SMILES string of the molecule is Cc1ccc(-c2n[nH]c(=S)n2CC(=O)NCc2ccccn2)cc1. The summed E-state index contributed by atoms with van der Waals surface area (Å²) >= 11 is 5.25. The first-order valence-electron chi connectivity index (χ1n) is 7.52. The van der Waals surface area contributed by atoms with E-state index in [1.807, 2.05) is 49.4 Å². The van der Waals surface area contributed by atoms with Crippen molar-refractivity contribution in [3.05, 3.63) is 64.7 Å². The number of amides is 1. The molecule has 3 rings (SSSR count). The summed E-state index contributed by atoms with van der Waals surface area (Å²) in [5.74, 6) is 0.500. The van der Waals surface area contributed by atoms with E-state index in [0.29, 0.717) is 17.1 Å². The maximum absolute atomic E-state index is 12.2. The molecule has 0 aliphatic heterocycles. The van der Waals surface area contributed by atoms with Gasteiger partial charge in [0.25, 0.3) is 0 Å². The summed E-state index contributed by atoms with van der Waals surface area (Å²) < 4.78 is 2.10. The van der Waals surface area contributed by atoms with Crippen LogP contribution in [-0.2, 0) is 17.9 Å². The Morgan fingerprint density at radius 3 is 2.75 bits per heavy atom. The number of aromatic amines is 1. The highest BCUT2D eigenvalue weighted by Gasteiger charge is 2.12. The van der Waals surface area contributed by atoms with E-state index in [0.717, 1.165) is 16.8 Å². The van der Waals surface area contributed by atoms with E-state index in [4.69, 9.17) is 12.2 Å². The Hall–Kier alpha value is -2.80. The van der Waals surface area contributed by atoms with Gasteiger partial charge in [0.2, 0.25) is 5.91 Å². The van der Waals surface area contributed by atoms with Gasteiger partial charge in [0.15, 0.2) is 10.6 Å². The van der Waals surface area contributed by atoms with Gasteiger partial charge in [-0.1, -0.05) is 35.9 Å². The minimum atomic E-state index is -0.147. The zero-order valence-electron chi connectivity index (χ0n) is 13.2. The summed E-state index contributed by atoms with van der Waals surface area (Å²) in [6.07, 6.45) is 1.70. The lowest BCUT2D eigenvalue weighted by molar-refractivity contribution is -0.121. The van der Waals surface area contributed by atoms with Gasteiger partial charge in [-0.15, -0.1) is 0 Å². The van der Waals surface area contributed by atoms with Gasteiger partial charge in [0.05, 0.1) is 12.2 Å².